The topological polar surface area (TPSA) is 53.2 Å². The summed E-state index contributed by atoms with van der Waals surface area (Å²) in [7, 11) is 5.10. The first kappa shape index (κ1) is 16.1. The van der Waals surface area contributed by atoms with Crippen molar-refractivity contribution in [1.29, 1.82) is 0 Å². The van der Waals surface area contributed by atoms with E-state index in [0.717, 1.165) is 22.9 Å². The maximum atomic E-state index is 5.49. The van der Waals surface area contributed by atoms with E-state index in [4.69, 9.17) is 21.7 Å². The van der Waals surface area contributed by atoms with Gasteiger partial charge in [0.2, 0.25) is 10.7 Å². The molecule has 124 valence electrons. The first-order chi connectivity index (χ1) is 11.6. The molecule has 0 aliphatic carbocycles. The van der Waals surface area contributed by atoms with Crippen LogP contribution >= 0.6 is 12.2 Å². The van der Waals surface area contributed by atoms with Crippen LogP contribution in [0.1, 0.15) is 0 Å². The zero-order valence-electron chi connectivity index (χ0n) is 13.7. The van der Waals surface area contributed by atoms with Crippen LogP contribution in [-0.2, 0) is 7.05 Å². The van der Waals surface area contributed by atoms with Crippen molar-refractivity contribution in [3.8, 4) is 17.2 Å². The summed E-state index contributed by atoms with van der Waals surface area (Å²) in [6, 6.07) is 15.3. The van der Waals surface area contributed by atoms with Gasteiger partial charge in [-0.1, -0.05) is 0 Å². The van der Waals surface area contributed by atoms with Crippen LogP contribution in [0.15, 0.2) is 48.5 Å². The minimum Gasteiger partial charge on any atom is -0.497 e. The zero-order chi connectivity index (χ0) is 17.1. The minimum absolute atomic E-state index is 0.594. The molecule has 2 aromatic carbocycles. The molecule has 3 aromatic rings. The molecule has 0 spiro atoms. The maximum Gasteiger partial charge on any atom is 0.232 e. The second kappa shape index (κ2) is 6.76. The van der Waals surface area contributed by atoms with E-state index in [1.165, 1.54) is 0 Å². The maximum absolute atomic E-state index is 5.49. The molecule has 0 aliphatic heterocycles. The lowest BCUT2D eigenvalue weighted by molar-refractivity contribution is 0.414. The van der Waals surface area contributed by atoms with E-state index < -0.39 is 0 Å². The molecule has 24 heavy (non-hydrogen) atoms. The van der Waals surface area contributed by atoms with Crippen LogP contribution in [0.25, 0.3) is 5.69 Å². The fraction of sp³-hybridized carbons (Fsp3) is 0.176. The van der Waals surface area contributed by atoms with Gasteiger partial charge < -0.3 is 14.8 Å². The van der Waals surface area contributed by atoms with Gasteiger partial charge in [0.05, 0.1) is 19.9 Å². The van der Waals surface area contributed by atoms with Crippen molar-refractivity contribution < 1.29 is 9.47 Å². The molecule has 0 fully saturated rings. The summed E-state index contributed by atoms with van der Waals surface area (Å²) in [5.74, 6) is 2.23. The highest BCUT2D eigenvalue weighted by Gasteiger charge is 2.11. The van der Waals surface area contributed by atoms with E-state index in [2.05, 4.69) is 10.4 Å². The van der Waals surface area contributed by atoms with Crippen LogP contribution in [0.5, 0.6) is 11.5 Å². The number of ether oxygens (including phenoxy) is 2. The van der Waals surface area contributed by atoms with Gasteiger partial charge in [0.15, 0.2) is 0 Å². The van der Waals surface area contributed by atoms with Crippen molar-refractivity contribution in [2.24, 2.45) is 7.05 Å². The Kier molecular flexibility index (Phi) is 4.52. The number of nitrogens with one attached hydrogen (secondary N) is 1. The number of methoxy groups -OCH3 is 2. The second-order valence-corrected chi connectivity index (χ2v) is 5.48. The van der Waals surface area contributed by atoms with Gasteiger partial charge in [-0.3, -0.25) is 4.57 Å². The van der Waals surface area contributed by atoms with Gasteiger partial charge in [-0.15, -0.1) is 5.10 Å². The summed E-state index contributed by atoms with van der Waals surface area (Å²) in [4.78, 5) is 0. The molecule has 0 aliphatic rings. The van der Waals surface area contributed by atoms with Crippen molar-refractivity contribution in [1.82, 2.24) is 14.3 Å². The molecule has 1 aromatic heterocycles. The molecular weight excluding hydrogens is 324 g/mol. The molecule has 6 nitrogen and oxygen atoms in total. The van der Waals surface area contributed by atoms with Crippen molar-refractivity contribution >= 4 is 23.9 Å². The van der Waals surface area contributed by atoms with E-state index >= 15 is 0 Å². The number of hydrogen-bond donors (Lipinski definition) is 1. The predicted molar refractivity (Wildman–Crippen MR) is 96.2 cm³/mol. The van der Waals surface area contributed by atoms with Crippen molar-refractivity contribution in [2.45, 2.75) is 0 Å². The van der Waals surface area contributed by atoms with Gasteiger partial charge in [-0.25, -0.2) is 4.68 Å². The van der Waals surface area contributed by atoms with Crippen LogP contribution in [0, 0.1) is 4.77 Å². The summed E-state index contributed by atoms with van der Waals surface area (Å²) >= 11 is 5.49. The average molecular weight is 342 g/mol. The summed E-state index contributed by atoms with van der Waals surface area (Å²) in [5, 5.41) is 7.76. The van der Waals surface area contributed by atoms with Gasteiger partial charge in [-0.05, 0) is 60.7 Å². The molecule has 0 amide bonds. The Morgan fingerprint density at radius 3 is 2.00 bits per heavy atom. The molecule has 0 bridgehead atoms. The number of aryl methyl sites for hydroxylation is 1. The zero-order valence-corrected chi connectivity index (χ0v) is 14.5. The summed E-state index contributed by atoms with van der Waals surface area (Å²) in [5.41, 5.74) is 1.80. The molecule has 0 saturated carbocycles. The van der Waals surface area contributed by atoms with Crippen molar-refractivity contribution in [2.75, 3.05) is 19.5 Å². The standard InChI is InChI=1S/C17H18N4O2S/c1-20-17(24)21(13-6-10-15(23-3)11-7-13)16(19-20)18-12-4-8-14(22-2)9-5-12/h4-11H,1-3H3,(H,18,19). The van der Waals surface area contributed by atoms with E-state index in [0.29, 0.717) is 10.7 Å². The fourth-order valence-corrected chi connectivity index (χ4v) is 2.55. The van der Waals surface area contributed by atoms with E-state index in [1.54, 1.807) is 18.9 Å². The van der Waals surface area contributed by atoms with Gasteiger partial charge in [0, 0.05) is 12.7 Å². The number of benzene rings is 2. The Hall–Kier alpha value is -2.80. The predicted octanol–water partition coefficient (Wildman–Crippen LogP) is 3.70. The largest absolute Gasteiger partial charge is 0.497 e. The van der Waals surface area contributed by atoms with E-state index in [1.807, 2.05) is 60.1 Å². The molecular formula is C17H18N4O2S. The Bertz CT molecular complexity index is 882. The monoisotopic (exact) mass is 342 g/mol. The molecule has 0 saturated heterocycles. The highest BCUT2D eigenvalue weighted by atomic mass is 32.1. The minimum atomic E-state index is 0.594. The van der Waals surface area contributed by atoms with Crippen LogP contribution < -0.4 is 14.8 Å². The highest BCUT2D eigenvalue weighted by Crippen LogP contribution is 2.23. The quantitative estimate of drug-likeness (QED) is 0.717. The van der Waals surface area contributed by atoms with E-state index in [-0.39, 0.29) is 0 Å². The number of hydrogen-bond acceptors (Lipinski definition) is 5. The van der Waals surface area contributed by atoms with Crippen LogP contribution in [0.3, 0.4) is 0 Å². The number of anilines is 2. The summed E-state index contributed by atoms with van der Waals surface area (Å²) in [6.07, 6.45) is 0. The third-order valence-corrected chi connectivity index (χ3v) is 4.05. The number of aromatic nitrogens is 3. The van der Waals surface area contributed by atoms with Gasteiger partial charge in [0.1, 0.15) is 11.5 Å². The lowest BCUT2D eigenvalue weighted by atomic mass is 10.3. The first-order valence-electron chi connectivity index (χ1n) is 7.34. The lowest BCUT2D eigenvalue weighted by Crippen LogP contribution is -2.02. The number of rotatable bonds is 5. The molecule has 3 rings (SSSR count). The highest BCUT2D eigenvalue weighted by molar-refractivity contribution is 7.71. The summed E-state index contributed by atoms with van der Waals surface area (Å²) < 4.78 is 14.5. The molecule has 1 heterocycles. The Balaban J connectivity index is 1.98. The molecule has 0 atom stereocenters. The molecule has 7 heteroatoms. The SMILES string of the molecule is COc1ccc(Nc2nn(C)c(=S)n2-c2ccc(OC)cc2)cc1. The smallest absolute Gasteiger partial charge is 0.232 e. The van der Waals surface area contributed by atoms with Crippen molar-refractivity contribution in [3.05, 3.63) is 53.3 Å². The molecule has 0 radical (unpaired) electrons. The lowest BCUT2D eigenvalue weighted by Gasteiger charge is -2.10. The van der Waals surface area contributed by atoms with Crippen LogP contribution in [0.2, 0.25) is 0 Å². The van der Waals surface area contributed by atoms with E-state index in [9.17, 15) is 0 Å². The Morgan fingerprint density at radius 1 is 0.917 bits per heavy atom. The van der Waals surface area contributed by atoms with Gasteiger partial charge in [-0.2, -0.15) is 0 Å². The van der Waals surface area contributed by atoms with Crippen LogP contribution in [-0.4, -0.2) is 28.6 Å². The first-order valence-corrected chi connectivity index (χ1v) is 7.75. The Labute approximate surface area is 145 Å². The van der Waals surface area contributed by atoms with Gasteiger partial charge >= 0.3 is 0 Å². The molecule has 0 unspecified atom stereocenters. The molecule has 1 N–H and O–H groups in total. The van der Waals surface area contributed by atoms with Gasteiger partial charge in [0.25, 0.3) is 0 Å². The van der Waals surface area contributed by atoms with Crippen molar-refractivity contribution in [3.63, 3.8) is 0 Å². The third-order valence-electron chi connectivity index (χ3n) is 3.60. The fourth-order valence-electron chi connectivity index (χ4n) is 2.31. The normalized spacial score (nSPS) is 10.5. The average Bonchev–Trinajstić information content (AvgIpc) is 2.89. The Morgan fingerprint density at radius 2 is 1.46 bits per heavy atom. The summed E-state index contributed by atoms with van der Waals surface area (Å²) in [6.45, 7) is 0. The second-order valence-electron chi connectivity index (χ2n) is 5.12. The number of nitrogens with zero attached hydrogens (tertiary/aromatic N) is 3. The van der Waals surface area contributed by atoms with Crippen LogP contribution in [0.4, 0.5) is 11.6 Å². The third kappa shape index (κ3) is 3.11.